The molecule has 0 spiro atoms. The molecule has 10 heteroatoms. The van der Waals surface area contributed by atoms with Crippen molar-refractivity contribution in [3.63, 3.8) is 0 Å². The molecular formula is C28H29ClN4O4S. The van der Waals surface area contributed by atoms with Crippen molar-refractivity contribution in [3.05, 3.63) is 75.9 Å². The van der Waals surface area contributed by atoms with Crippen molar-refractivity contribution in [2.75, 3.05) is 0 Å². The van der Waals surface area contributed by atoms with Gasteiger partial charge >= 0.3 is 6.09 Å². The summed E-state index contributed by atoms with van der Waals surface area (Å²) >= 11 is 7.96. The lowest BCUT2D eigenvalue weighted by Gasteiger charge is -2.24. The van der Waals surface area contributed by atoms with Gasteiger partial charge in [-0.1, -0.05) is 29.8 Å². The van der Waals surface area contributed by atoms with Crippen LogP contribution >= 0.6 is 22.9 Å². The van der Waals surface area contributed by atoms with E-state index in [1.807, 2.05) is 80.8 Å². The number of ether oxygens (including phenoxy) is 2. The third-order valence-corrected chi connectivity index (χ3v) is 7.86. The molecule has 1 aromatic carbocycles. The van der Waals surface area contributed by atoms with E-state index in [0.29, 0.717) is 15.6 Å². The molecule has 8 nitrogen and oxygen atoms in total. The number of amides is 2. The van der Waals surface area contributed by atoms with E-state index < -0.39 is 29.2 Å². The third-order valence-electron chi connectivity index (χ3n) is 6.38. The van der Waals surface area contributed by atoms with Gasteiger partial charge in [-0.15, -0.1) is 11.3 Å². The fourth-order valence-electron chi connectivity index (χ4n) is 4.39. The molecule has 0 saturated heterocycles. The van der Waals surface area contributed by atoms with E-state index in [2.05, 4.69) is 10.3 Å². The van der Waals surface area contributed by atoms with E-state index in [1.54, 1.807) is 6.20 Å². The van der Waals surface area contributed by atoms with Gasteiger partial charge in [0.25, 0.3) is 5.91 Å². The van der Waals surface area contributed by atoms with Crippen molar-refractivity contribution in [1.29, 1.82) is 0 Å². The third kappa shape index (κ3) is 5.21. The Morgan fingerprint density at radius 3 is 2.63 bits per heavy atom. The Kier molecular flexibility index (Phi) is 6.61. The highest BCUT2D eigenvalue weighted by atomic mass is 35.5. The maximum atomic E-state index is 12.4. The number of imidazole rings is 1. The van der Waals surface area contributed by atoms with Crippen LogP contribution in [0.1, 0.15) is 67.4 Å². The zero-order valence-electron chi connectivity index (χ0n) is 21.6. The summed E-state index contributed by atoms with van der Waals surface area (Å²) in [7, 11) is 0. The maximum absolute atomic E-state index is 12.4. The monoisotopic (exact) mass is 552 g/mol. The molecule has 2 amide bonds. The Balaban J connectivity index is 1.37. The number of primary amides is 1. The molecule has 1 aliphatic rings. The highest BCUT2D eigenvalue weighted by Gasteiger charge is 2.47. The van der Waals surface area contributed by atoms with Gasteiger partial charge in [0.15, 0.2) is 0 Å². The van der Waals surface area contributed by atoms with E-state index >= 15 is 0 Å². The molecule has 4 aromatic rings. The molecule has 3 aromatic heterocycles. The molecule has 1 aliphatic carbocycles. The van der Waals surface area contributed by atoms with E-state index in [0.717, 1.165) is 40.2 Å². The highest BCUT2D eigenvalue weighted by molar-refractivity contribution is 7.17. The number of carbonyl (C=O) groups is 2. The summed E-state index contributed by atoms with van der Waals surface area (Å²) in [6.07, 6.45) is 4.36. The molecule has 1 saturated carbocycles. The number of thiophene rings is 1. The number of benzene rings is 1. The SMILES string of the molecule is C[C@@H](Oc1cc(-c2cnc3ccccn23)sc1C(N)=O)c1ccc(C2(NC(=O)OC(C)(C)C)CC2)cc1Cl. The van der Waals surface area contributed by atoms with Crippen LogP contribution in [0.2, 0.25) is 5.02 Å². The van der Waals surface area contributed by atoms with Gasteiger partial charge in [0.2, 0.25) is 0 Å². The van der Waals surface area contributed by atoms with Crippen LogP contribution in [0.3, 0.4) is 0 Å². The van der Waals surface area contributed by atoms with Gasteiger partial charge in [0, 0.05) is 22.8 Å². The lowest BCUT2D eigenvalue weighted by molar-refractivity contribution is 0.0495. The van der Waals surface area contributed by atoms with Crippen LogP contribution in [0.25, 0.3) is 16.2 Å². The Labute approximate surface area is 229 Å². The molecule has 198 valence electrons. The number of pyridine rings is 1. The minimum atomic E-state index is -0.579. The maximum Gasteiger partial charge on any atom is 0.408 e. The molecule has 38 heavy (non-hydrogen) atoms. The number of nitrogens with zero attached hydrogens (tertiary/aromatic N) is 2. The normalized spacial score (nSPS) is 15.2. The minimum absolute atomic E-state index is 0.323. The van der Waals surface area contributed by atoms with Crippen LogP contribution in [-0.4, -0.2) is 27.0 Å². The number of carbonyl (C=O) groups excluding carboxylic acids is 2. The number of hydrogen-bond donors (Lipinski definition) is 2. The number of nitrogens with two attached hydrogens (primary N) is 1. The second-order valence-corrected chi connectivity index (χ2v) is 11.9. The zero-order valence-corrected chi connectivity index (χ0v) is 23.2. The first-order valence-corrected chi connectivity index (χ1v) is 13.5. The number of fused-ring (bicyclic) bond motifs is 1. The number of alkyl carbamates (subject to hydrolysis) is 1. The predicted molar refractivity (Wildman–Crippen MR) is 148 cm³/mol. The largest absolute Gasteiger partial charge is 0.484 e. The summed E-state index contributed by atoms with van der Waals surface area (Å²) in [4.78, 5) is 30.2. The zero-order chi connectivity index (χ0) is 27.2. The first-order valence-electron chi connectivity index (χ1n) is 12.3. The van der Waals surface area contributed by atoms with Crippen LogP contribution in [0.4, 0.5) is 4.79 Å². The summed E-state index contributed by atoms with van der Waals surface area (Å²) in [5.41, 5.74) is 7.93. The van der Waals surface area contributed by atoms with Crippen LogP contribution in [0.5, 0.6) is 5.75 Å². The fourth-order valence-corrected chi connectivity index (χ4v) is 5.68. The summed E-state index contributed by atoms with van der Waals surface area (Å²) in [5.74, 6) is -0.177. The molecule has 3 N–H and O–H groups in total. The first-order chi connectivity index (χ1) is 18.0. The second-order valence-electron chi connectivity index (χ2n) is 10.4. The summed E-state index contributed by atoms with van der Waals surface area (Å²) in [6, 6.07) is 13.2. The van der Waals surface area contributed by atoms with Gasteiger partial charge in [-0.2, -0.15) is 0 Å². The molecule has 5 rings (SSSR count). The standard InChI is InChI=1S/C28H29ClN4O4S/c1-16(18-9-8-17(13-19(18)29)28(10-11-28)32-26(35)37-27(2,3)4)36-21-14-22(38-24(21)25(30)34)20-15-31-23-7-5-6-12-33(20)23/h5-9,12-16H,10-11H2,1-4H3,(H2,30,34)(H,32,35)/t16-/m1/s1. The average molecular weight is 553 g/mol. The molecule has 0 aliphatic heterocycles. The highest BCUT2D eigenvalue weighted by Crippen LogP contribution is 2.47. The van der Waals surface area contributed by atoms with Crippen molar-refractivity contribution in [3.8, 4) is 16.3 Å². The van der Waals surface area contributed by atoms with Crippen LogP contribution in [-0.2, 0) is 10.3 Å². The fraction of sp³-hybridized carbons (Fsp3) is 0.321. The van der Waals surface area contributed by atoms with Crippen LogP contribution < -0.4 is 15.8 Å². The van der Waals surface area contributed by atoms with Crippen molar-refractivity contribution in [2.24, 2.45) is 5.73 Å². The molecule has 1 atom stereocenters. The summed E-state index contributed by atoms with van der Waals surface area (Å²) < 4.78 is 13.6. The number of hydrogen-bond acceptors (Lipinski definition) is 6. The molecule has 0 unspecified atom stereocenters. The summed E-state index contributed by atoms with van der Waals surface area (Å²) in [5, 5.41) is 3.50. The molecule has 1 fully saturated rings. The molecule has 0 radical (unpaired) electrons. The van der Waals surface area contributed by atoms with Gasteiger partial charge in [-0.05, 0) is 64.3 Å². The molecule has 0 bridgehead atoms. The van der Waals surface area contributed by atoms with E-state index in [4.69, 9.17) is 26.8 Å². The number of halogens is 1. The quantitative estimate of drug-likeness (QED) is 0.273. The van der Waals surface area contributed by atoms with E-state index in [1.165, 1.54) is 11.3 Å². The summed E-state index contributed by atoms with van der Waals surface area (Å²) in [6.45, 7) is 7.36. The Bertz CT molecular complexity index is 1530. The van der Waals surface area contributed by atoms with Crippen molar-refractivity contribution in [1.82, 2.24) is 14.7 Å². The Hall–Kier alpha value is -3.56. The smallest absolute Gasteiger partial charge is 0.408 e. The van der Waals surface area contributed by atoms with Crippen LogP contribution in [0, 0.1) is 0 Å². The van der Waals surface area contributed by atoms with Gasteiger partial charge in [-0.3, -0.25) is 9.20 Å². The van der Waals surface area contributed by atoms with Gasteiger partial charge in [-0.25, -0.2) is 9.78 Å². The first kappa shape index (κ1) is 26.1. The minimum Gasteiger partial charge on any atom is -0.484 e. The van der Waals surface area contributed by atoms with Crippen molar-refractivity contribution in [2.45, 2.75) is 57.8 Å². The predicted octanol–water partition coefficient (Wildman–Crippen LogP) is 6.47. The number of rotatable bonds is 7. The van der Waals surface area contributed by atoms with Gasteiger partial charge in [0.1, 0.15) is 28.0 Å². The van der Waals surface area contributed by atoms with E-state index in [-0.39, 0.29) is 0 Å². The van der Waals surface area contributed by atoms with Crippen LogP contribution in [0.15, 0.2) is 54.9 Å². The average Bonchev–Trinajstić information content (AvgIpc) is 3.29. The molecule has 3 heterocycles. The lowest BCUT2D eigenvalue weighted by Crippen LogP contribution is -2.39. The van der Waals surface area contributed by atoms with Gasteiger partial charge < -0.3 is 20.5 Å². The van der Waals surface area contributed by atoms with Crippen molar-refractivity contribution < 1.29 is 19.1 Å². The lowest BCUT2D eigenvalue weighted by atomic mass is 10.0. The topological polar surface area (TPSA) is 108 Å². The van der Waals surface area contributed by atoms with E-state index in [9.17, 15) is 9.59 Å². The Morgan fingerprint density at radius 1 is 1.21 bits per heavy atom. The number of nitrogens with one attached hydrogen (secondary N) is 1. The Morgan fingerprint density at radius 2 is 1.97 bits per heavy atom. The second kappa shape index (κ2) is 9.63. The van der Waals surface area contributed by atoms with Gasteiger partial charge in [0.05, 0.1) is 22.3 Å². The molecular weight excluding hydrogens is 524 g/mol. The van der Waals surface area contributed by atoms with Crippen molar-refractivity contribution >= 4 is 40.6 Å². The number of aromatic nitrogens is 2.